The molecule has 1 aliphatic heterocycles. The summed E-state index contributed by atoms with van der Waals surface area (Å²) in [5.74, 6) is 0.733. The molecule has 1 heterocycles. The SMILES string of the molecule is O=C(/C=C/c1ccc2c(c1)OCO2)Nc1ccc(S(=O)(=O)Nc2ccc(Cl)c(C(F)(F)F)c2)cc1. The molecule has 0 aliphatic carbocycles. The lowest BCUT2D eigenvalue weighted by atomic mass is 10.2. The van der Waals surface area contributed by atoms with Crippen LogP contribution in [0, 0.1) is 0 Å². The second-order valence-corrected chi connectivity index (χ2v) is 9.35. The molecule has 7 nitrogen and oxygen atoms in total. The number of carbonyl (C=O) groups excluding carboxylic acids is 1. The number of fused-ring (bicyclic) bond motifs is 1. The maximum atomic E-state index is 13.0. The number of ether oxygens (including phenoxy) is 2. The molecular weight excluding hydrogens is 509 g/mol. The van der Waals surface area contributed by atoms with Crippen molar-refractivity contribution in [1.29, 1.82) is 0 Å². The second-order valence-electron chi connectivity index (χ2n) is 7.26. The molecule has 12 heteroatoms. The molecule has 1 aliphatic rings. The van der Waals surface area contributed by atoms with Gasteiger partial charge < -0.3 is 14.8 Å². The molecule has 0 unspecified atom stereocenters. The van der Waals surface area contributed by atoms with Gasteiger partial charge in [0.1, 0.15) is 0 Å². The summed E-state index contributed by atoms with van der Waals surface area (Å²) in [5.41, 5.74) is -0.429. The van der Waals surface area contributed by atoms with E-state index >= 15 is 0 Å². The molecule has 0 spiro atoms. The summed E-state index contributed by atoms with van der Waals surface area (Å²) >= 11 is 5.56. The second kappa shape index (κ2) is 9.51. The van der Waals surface area contributed by atoms with Gasteiger partial charge in [-0.3, -0.25) is 9.52 Å². The van der Waals surface area contributed by atoms with E-state index in [0.29, 0.717) is 28.8 Å². The molecule has 1 amide bonds. The Labute approximate surface area is 203 Å². The van der Waals surface area contributed by atoms with Gasteiger partial charge in [0.05, 0.1) is 15.5 Å². The van der Waals surface area contributed by atoms with Crippen LogP contribution in [0.4, 0.5) is 24.5 Å². The van der Waals surface area contributed by atoms with Gasteiger partial charge in [-0.2, -0.15) is 13.2 Å². The molecule has 0 bridgehead atoms. The number of carbonyl (C=O) groups is 1. The number of nitrogens with one attached hydrogen (secondary N) is 2. The minimum absolute atomic E-state index is 0.137. The van der Waals surface area contributed by atoms with Crippen molar-refractivity contribution < 1.29 is 35.9 Å². The van der Waals surface area contributed by atoms with E-state index in [0.717, 1.165) is 12.1 Å². The molecule has 0 atom stereocenters. The van der Waals surface area contributed by atoms with Gasteiger partial charge in [-0.05, 0) is 66.2 Å². The molecule has 0 radical (unpaired) electrons. The minimum Gasteiger partial charge on any atom is -0.454 e. The standard InChI is InChI=1S/C23H16ClF3N2O5S/c24-19-8-5-16(12-18(19)23(25,26)27)29-35(31,32)17-6-3-15(4-7-17)28-22(30)10-2-14-1-9-20-21(11-14)34-13-33-20/h1-12,29H,13H2,(H,28,30)/b10-2+. The molecule has 2 N–H and O–H groups in total. The Morgan fingerprint density at radius 2 is 1.63 bits per heavy atom. The minimum atomic E-state index is -4.74. The third-order valence-electron chi connectivity index (χ3n) is 4.78. The Bertz CT molecular complexity index is 1410. The van der Waals surface area contributed by atoms with Crippen LogP contribution in [0.25, 0.3) is 6.08 Å². The number of benzene rings is 3. The third kappa shape index (κ3) is 5.87. The largest absolute Gasteiger partial charge is 0.454 e. The van der Waals surface area contributed by atoms with Crippen molar-refractivity contribution in [3.8, 4) is 11.5 Å². The van der Waals surface area contributed by atoms with Gasteiger partial charge in [0, 0.05) is 17.5 Å². The Balaban J connectivity index is 1.41. The molecule has 0 saturated carbocycles. The quantitative estimate of drug-likeness (QED) is 0.413. The first-order valence-corrected chi connectivity index (χ1v) is 11.8. The first kappa shape index (κ1) is 24.4. The van der Waals surface area contributed by atoms with Gasteiger partial charge >= 0.3 is 6.18 Å². The summed E-state index contributed by atoms with van der Waals surface area (Å²) in [5, 5.41) is 2.04. The lowest BCUT2D eigenvalue weighted by molar-refractivity contribution is -0.137. The van der Waals surface area contributed by atoms with Gasteiger partial charge in [-0.15, -0.1) is 0 Å². The Morgan fingerprint density at radius 3 is 2.34 bits per heavy atom. The van der Waals surface area contributed by atoms with Crippen LogP contribution < -0.4 is 19.5 Å². The highest BCUT2D eigenvalue weighted by molar-refractivity contribution is 7.92. The topological polar surface area (TPSA) is 93.7 Å². The summed E-state index contributed by atoms with van der Waals surface area (Å²) in [7, 11) is -4.19. The summed E-state index contributed by atoms with van der Waals surface area (Å²) in [6.07, 6.45) is -1.88. The van der Waals surface area contributed by atoms with Crippen LogP contribution >= 0.6 is 11.6 Å². The van der Waals surface area contributed by atoms with Crippen LogP contribution in [-0.2, 0) is 21.0 Å². The molecule has 35 heavy (non-hydrogen) atoms. The van der Waals surface area contributed by atoms with Gasteiger partial charge in [-0.1, -0.05) is 17.7 Å². The predicted molar refractivity (Wildman–Crippen MR) is 124 cm³/mol. The van der Waals surface area contributed by atoms with Crippen molar-refractivity contribution in [2.45, 2.75) is 11.1 Å². The first-order chi connectivity index (χ1) is 16.5. The van der Waals surface area contributed by atoms with Crippen LogP contribution in [0.1, 0.15) is 11.1 Å². The van der Waals surface area contributed by atoms with Crippen molar-refractivity contribution in [3.63, 3.8) is 0 Å². The van der Waals surface area contributed by atoms with E-state index < -0.39 is 32.7 Å². The predicted octanol–water partition coefficient (Wildman–Crippen LogP) is 5.54. The van der Waals surface area contributed by atoms with Gasteiger partial charge in [0.2, 0.25) is 12.7 Å². The number of anilines is 2. The van der Waals surface area contributed by atoms with Crippen LogP contribution in [-0.4, -0.2) is 21.1 Å². The third-order valence-corrected chi connectivity index (χ3v) is 6.51. The van der Waals surface area contributed by atoms with Crippen LogP contribution in [0.3, 0.4) is 0 Å². The van der Waals surface area contributed by atoms with Crippen molar-refractivity contribution in [1.82, 2.24) is 0 Å². The van der Waals surface area contributed by atoms with Crippen molar-refractivity contribution >= 4 is 45.0 Å². The fraction of sp³-hybridized carbons (Fsp3) is 0.0870. The number of rotatable bonds is 6. The molecule has 0 aromatic heterocycles. The van der Waals surface area contributed by atoms with Crippen LogP contribution in [0.5, 0.6) is 11.5 Å². The van der Waals surface area contributed by atoms with Gasteiger partial charge in [0.15, 0.2) is 11.5 Å². The smallest absolute Gasteiger partial charge is 0.417 e. The Kier molecular flexibility index (Phi) is 6.64. The highest BCUT2D eigenvalue weighted by Gasteiger charge is 2.33. The fourth-order valence-electron chi connectivity index (χ4n) is 3.11. The monoisotopic (exact) mass is 524 g/mol. The highest BCUT2D eigenvalue weighted by Crippen LogP contribution is 2.36. The Hall–Kier alpha value is -3.70. The van der Waals surface area contributed by atoms with Crippen LogP contribution in [0.15, 0.2) is 71.6 Å². The van der Waals surface area contributed by atoms with Gasteiger partial charge in [0.25, 0.3) is 10.0 Å². The van der Waals surface area contributed by atoms with E-state index in [-0.39, 0.29) is 17.4 Å². The molecule has 0 fully saturated rings. The maximum Gasteiger partial charge on any atom is 0.417 e. The number of sulfonamides is 1. The zero-order chi connectivity index (χ0) is 25.2. The van der Waals surface area contributed by atoms with E-state index in [1.54, 1.807) is 24.3 Å². The normalized spacial score (nSPS) is 13.1. The number of hydrogen-bond acceptors (Lipinski definition) is 5. The van der Waals surface area contributed by atoms with Crippen molar-refractivity contribution in [2.24, 2.45) is 0 Å². The van der Waals surface area contributed by atoms with Crippen molar-refractivity contribution in [3.05, 3.63) is 82.9 Å². The van der Waals surface area contributed by atoms with E-state index in [9.17, 15) is 26.4 Å². The molecule has 3 aromatic rings. The molecular formula is C23H16ClF3N2O5S. The lowest BCUT2D eigenvalue weighted by Gasteiger charge is -2.13. The van der Waals surface area contributed by atoms with E-state index in [1.807, 2.05) is 0 Å². The summed E-state index contributed by atoms with van der Waals surface area (Å²) in [6, 6.07) is 13.0. The summed E-state index contributed by atoms with van der Waals surface area (Å²) < 4.78 is 76.8. The first-order valence-electron chi connectivity index (χ1n) is 9.90. The summed E-state index contributed by atoms with van der Waals surface area (Å²) in [4.78, 5) is 12.0. The van der Waals surface area contributed by atoms with Crippen molar-refractivity contribution in [2.75, 3.05) is 16.8 Å². The maximum absolute atomic E-state index is 13.0. The highest BCUT2D eigenvalue weighted by atomic mass is 35.5. The zero-order valence-electron chi connectivity index (χ0n) is 17.6. The van der Waals surface area contributed by atoms with E-state index in [1.165, 1.54) is 30.3 Å². The summed E-state index contributed by atoms with van der Waals surface area (Å²) in [6.45, 7) is 0.137. The number of hydrogen-bond donors (Lipinski definition) is 2. The number of alkyl halides is 3. The fourth-order valence-corrected chi connectivity index (χ4v) is 4.38. The Morgan fingerprint density at radius 1 is 0.943 bits per heavy atom. The lowest BCUT2D eigenvalue weighted by Crippen LogP contribution is -2.14. The number of amides is 1. The zero-order valence-corrected chi connectivity index (χ0v) is 19.2. The molecule has 0 saturated heterocycles. The average molecular weight is 525 g/mol. The molecule has 182 valence electrons. The van der Waals surface area contributed by atoms with Gasteiger partial charge in [-0.25, -0.2) is 8.42 Å². The van der Waals surface area contributed by atoms with Crippen LogP contribution in [0.2, 0.25) is 5.02 Å². The van der Waals surface area contributed by atoms with E-state index in [4.69, 9.17) is 21.1 Å². The molecule has 3 aromatic carbocycles. The van der Waals surface area contributed by atoms with E-state index in [2.05, 4.69) is 10.0 Å². The average Bonchev–Trinajstić information content (AvgIpc) is 3.26. The number of halogens is 4. The molecule has 4 rings (SSSR count).